The third-order valence-corrected chi connectivity index (χ3v) is 4.25. The topological polar surface area (TPSA) is 75.3 Å². The molecule has 6 nitrogen and oxygen atoms in total. The number of fused-ring (bicyclic) bond motifs is 1. The van der Waals surface area contributed by atoms with Gasteiger partial charge in [0.05, 0.1) is 18.7 Å². The molecule has 3 rings (SSSR count). The molecule has 0 radical (unpaired) electrons. The molecule has 2 aromatic heterocycles. The van der Waals surface area contributed by atoms with Crippen molar-refractivity contribution < 1.29 is 9.53 Å². The standard InChI is InChI=1S/C21H23N3O3/c1-3-10-24(21(26)15-6-5-9-22-13-15)14-17-11-16-12-18(27-4-2)7-8-19(16)23-20(17)25/h5-9,11-13H,3-4,10,14H2,1-2H3,(H,23,25). The predicted molar refractivity (Wildman–Crippen MR) is 105 cm³/mol. The van der Waals surface area contributed by atoms with Crippen LogP contribution < -0.4 is 10.3 Å². The quantitative estimate of drug-likeness (QED) is 0.696. The molecule has 3 aromatic rings. The molecule has 0 saturated heterocycles. The maximum Gasteiger partial charge on any atom is 0.255 e. The van der Waals surface area contributed by atoms with Gasteiger partial charge >= 0.3 is 0 Å². The fraction of sp³-hybridized carbons (Fsp3) is 0.286. The highest BCUT2D eigenvalue weighted by molar-refractivity contribution is 5.93. The fourth-order valence-corrected chi connectivity index (χ4v) is 3.00. The Kier molecular flexibility index (Phi) is 5.86. The van der Waals surface area contributed by atoms with E-state index in [1.165, 1.54) is 0 Å². The lowest BCUT2D eigenvalue weighted by molar-refractivity contribution is 0.0742. The molecule has 2 heterocycles. The maximum atomic E-state index is 12.8. The number of hydrogen-bond acceptors (Lipinski definition) is 4. The molecule has 1 N–H and O–H groups in total. The van der Waals surface area contributed by atoms with Crippen LogP contribution in [-0.4, -0.2) is 33.9 Å². The number of ether oxygens (including phenoxy) is 1. The first kappa shape index (κ1) is 18.6. The van der Waals surface area contributed by atoms with Crippen LogP contribution in [0.4, 0.5) is 0 Å². The predicted octanol–water partition coefficient (Wildman–Crippen LogP) is 3.37. The third-order valence-electron chi connectivity index (χ3n) is 4.25. The zero-order valence-electron chi connectivity index (χ0n) is 15.6. The van der Waals surface area contributed by atoms with Crippen molar-refractivity contribution in [3.8, 4) is 5.75 Å². The van der Waals surface area contributed by atoms with Crippen molar-refractivity contribution in [1.29, 1.82) is 0 Å². The molecular weight excluding hydrogens is 342 g/mol. The Bertz CT molecular complexity index is 983. The van der Waals surface area contributed by atoms with Crippen LogP contribution in [0.3, 0.4) is 0 Å². The lowest BCUT2D eigenvalue weighted by atomic mass is 10.1. The number of aromatic nitrogens is 2. The van der Waals surface area contributed by atoms with Gasteiger partial charge in [0.2, 0.25) is 0 Å². The summed E-state index contributed by atoms with van der Waals surface area (Å²) in [6.45, 7) is 5.30. The minimum absolute atomic E-state index is 0.132. The molecule has 0 bridgehead atoms. The largest absolute Gasteiger partial charge is 0.494 e. The van der Waals surface area contributed by atoms with Gasteiger partial charge in [-0.3, -0.25) is 14.6 Å². The molecule has 1 amide bonds. The minimum atomic E-state index is -0.188. The van der Waals surface area contributed by atoms with E-state index in [0.29, 0.717) is 24.3 Å². The molecule has 1 aromatic carbocycles. The smallest absolute Gasteiger partial charge is 0.255 e. The lowest BCUT2D eigenvalue weighted by Crippen LogP contribution is -2.33. The molecule has 0 unspecified atom stereocenters. The van der Waals surface area contributed by atoms with E-state index in [4.69, 9.17) is 4.74 Å². The van der Waals surface area contributed by atoms with E-state index in [2.05, 4.69) is 9.97 Å². The summed E-state index contributed by atoms with van der Waals surface area (Å²) >= 11 is 0. The summed E-state index contributed by atoms with van der Waals surface area (Å²) in [7, 11) is 0. The molecule has 0 saturated carbocycles. The number of aromatic amines is 1. The molecule has 0 aliphatic carbocycles. The second kappa shape index (κ2) is 8.49. The van der Waals surface area contributed by atoms with Crippen LogP contribution in [0.5, 0.6) is 5.75 Å². The molecule has 0 aliphatic heterocycles. The number of carbonyl (C=O) groups excluding carboxylic acids is 1. The van der Waals surface area contributed by atoms with Gasteiger partial charge in [-0.15, -0.1) is 0 Å². The zero-order valence-corrected chi connectivity index (χ0v) is 15.6. The van der Waals surface area contributed by atoms with Gasteiger partial charge in [0.15, 0.2) is 0 Å². The molecule has 0 aliphatic rings. The van der Waals surface area contributed by atoms with E-state index in [-0.39, 0.29) is 18.0 Å². The number of benzene rings is 1. The average Bonchev–Trinajstić information content (AvgIpc) is 2.68. The van der Waals surface area contributed by atoms with E-state index >= 15 is 0 Å². The van der Waals surface area contributed by atoms with Crippen LogP contribution in [0.1, 0.15) is 36.2 Å². The van der Waals surface area contributed by atoms with Gasteiger partial charge < -0.3 is 14.6 Å². The van der Waals surface area contributed by atoms with Gasteiger partial charge in [0.1, 0.15) is 5.75 Å². The summed E-state index contributed by atoms with van der Waals surface area (Å²) in [5.74, 6) is 0.618. The summed E-state index contributed by atoms with van der Waals surface area (Å²) in [5.41, 5.74) is 1.61. The van der Waals surface area contributed by atoms with Crippen LogP contribution in [0.2, 0.25) is 0 Å². The highest BCUT2D eigenvalue weighted by atomic mass is 16.5. The summed E-state index contributed by atoms with van der Waals surface area (Å²) in [5, 5.41) is 0.876. The first-order chi connectivity index (χ1) is 13.1. The molecule has 0 fully saturated rings. The SMILES string of the molecule is CCCN(Cc1cc2cc(OCC)ccc2[nH]c1=O)C(=O)c1cccnc1. The Morgan fingerprint density at radius 1 is 1.22 bits per heavy atom. The number of carbonyl (C=O) groups is 1. The molecule has 140 valence electrons. The third kappa shape index (κ3) is 4.34. The normalized spacial score (nSPS) is 10.7. The van der Waals surface area contributed by atoms with Crippen molar-refractivity contribution in [2.75, 3.05) is 13.2 Å². The van der Waals surface area contributed by atoms with Crippen molar-refractivity contribution >= 4 is 16.8 Å². The van der Waals surface area contributed by atoms with Gasteiger partial charge in [-0.05, 0) is 49.7 Å². The van der Waals surface area contributed by atoms with Crippen LogP contribution in [0.15, 0.2) is 53.6 Å². The highest BCUT2D eigenvalue weighted by Crippen LogP contribution is 2.20. The van der Waals surface area contributed by atoms with E-state index in [9.17, 15) is 9.59 Å². The number of hydrogen-bond donors (Lipinski definition) is 1. The monoisotopic (exact) mass is 365 g/mol. The van der Waals surface area contributed by atoms with Crippen LogP contribution >= 0.6 is 0 Å². The summed E-state index contributed by atoms with van der Waals surface area (Å²) < 4.78 is 5.54. The molecule has 6 heteroatoms. The van der Waals surface area contributed by atoms with Gasteiger partial charge in [-0.2, -0.15) is 0 Å². The highest BCUT2D eigenvalue weighted by Gasteiger charge is 2.17. The van der Waals surface area contributed by atoms with Crippen molar-refractivity contribution in [3.63, 3.8) is 0 Å². The first-order valence-corrected chi connectivity index (χ1v) is 9.10. The van der Waals surface area contributed by atoms with Crippen molar-refractivity contribution in [2.45, 2.75) is 26.8 Å². The van der Waals surface area contributed by atoms with Gasteiger partial charge in [0.25, 0.3) is 11.5 Å². The lowest BCUT2D eigenvalue weighted by Gasteiger charge is -2.22. The first-order valence-electron chi connectivity index (χ1n) is 9.10. The summed E-state index contributed by atoms with van der Waals surface area (Å²) in [6.07, 6.45) is 3.97. The second-order valence-electron chi connectivity index (χ2n) is 6.27. The minimum Gasteiger partial charge on any atom is -0.494 e. The fourth-order valence-electron chi connectivity index (χ4n) is 3.00. The van der Waals surface area contributed by atoms with Gasteiger partial charge in [-0.25, -0.2) is 0 Å². The van der Waals surface area contributed by atoms with Crippen LogP contribution in [0, 0.1) is 0 Å². The van der Waals surface area contributed by atoms with Crippen LogP contribution in [-0.2, 0) is 6.54 Å². The number of nitrogens with one attached hydrogen (secondary N) is 1. The Hall–Kier alpha value is -3.15. The summed E-state index contributed by atoms with van der Waals surface area (Å²) in [4.78, 5) is 33.9. The van der Waals surface area contributed by atoms with Gasteiger partial charge in [-0.1, -0.05) is 6.92 Å². The van der Waals surface area contributed by atoms with E-state index in [1.807, 2.05) is 38.1 Å². The molecule has 0 spiro atoms. The maximum absolute atomic E-state index is 12.8. The zero-order chi connectivity index (χ0) is 19.2. The van der Waals surface area contributed by atoms with Crippen molar-refractivity contribution in [3.05, 3.63) is 70.3 Å². The number of rotatable bonds is 7. The van der Waals surface area contributed by atoms with Crippen molar-refractivity contribution in [1.82, 2.24) is 14.9 Å². The Labute approximate surface area is 157 Å². The Balaban J connectivity index is 1.93. The Morgan fingerprint density at radius 2 is 2.07 bits per heavy atom. The molecule has 0 atom stereocenters. The van der Waals surface area contributed by atoms with Gasteiger partial charge in [0, 0.05) is 35.4 Å². The van der Waals surface area contributed by atoms with E-state index < -0.39 is 0 Å². The van der Waals surface area contributed by atoms with Crippen molar-refractivity contribution in [2.24, 2.45) is 0 Å². The average molecular weight is 365 g/mol. The second-order valence-corrected chi connectivity index (χ2v) is 6.27. The van der Waals surface area contributed by atoms with Crippen LogP contribution in [0.25, 0.3) is 10.9 Å². The number of amides is 1. The van der Waals surface area contributed by atoms with E-state index in [0.717, 1.165) is 23.1 Å². The molecule has 27 heavy (non-hydrogen) atoms. The number of H-pyrrole nitrogens is 1. The molecular formula is C21H23N3O3. The number of pyridine rings is 2. The summed E-state index contributed by atoms with van der Waals surface area (Å²) in [6, 6.07) is 10.8. The number of nitrogens with zero attached hydrogens (tertiary/aromatic N) is 2. The Morgan fingerprint density at radius 3 is 2.78 bits per heavy atom. The van der Waals surface area contributed by atoms with E-state index in [1.54, 1.807) is 29.4 Å².